The summed E-state index contributed by atoms with van der Waals surface area (Å²) in [5.41, 5.74) is 0.240. The van der Waals surface area contributed by atoms with Crippen LogP contribution in [0.5, 0.6) is 5.75 Å². The molecule has 0 aliphatic carbocycles. The molecule has 1 aromatic rings. The molecule has 0 radical (unpaired) electrons. The van der Waals surface area contributed by atoms with E-state index in [0.29, 0.717) is 5.75 Å². The lowest BCUT2D eigenvalue weighted by atomic mass is 10.2. The number of aromatic carboxylic acids is 1. The molecule has 1 aromatic carbocycles. The second-order valence-corrected chi connectivity index (χ2v) is 4.36. The lowest BCUT2D eigenvalue weighted by Crippen LogP contribution is -2.14. The zero-order valence-corrected chi connectivity index (χ0v) is 11.0. The van der Waals surface area contributed by atoms with Crippen molar-refractivity contribution < 1.29 is 14.6 Å². The molecular weight excluding hydrogens is 272 g/mol. The summed E-state index contributed by atoms with van der Waals surface area (Å²) < 4.78 is 6.51. The Bertz CT molecular complexity index is 373. The minimum Gasteiger partial charge on any atom is -0.489 e. The number of benzene rings is 1. The second-order valence-electron chi connectivity index (χ2n) is 3.51. The van der Waals surface area contributed by atoms with Gasteiger partial charge in [-0.25, -0.2) is 4.79 Å². The first-order chi connectivity index (χ1) is 7.58. The van der Waals surface area contributed by atoms with Gasteiger partial charge in [0.05, 0.1) is 16.1 Å². The Morgan fingerprint density at radius 1 is 1.44 bits per heavy atom. The molecule has 0 unspecified atom stereocenters. The van der Waals surface area contributed by atoms with E-state index in [0.717, 1.165) is 17.3 Å². The van der Waals surface area contributed by atoms with Crippen molar-refractivity contribution in [2.75, 3.05) is 0 Å². The summed E-state index contributed by atoms with van der Waals surface area (Å²) in [4.78, 5) is 10.8. The van der Waals surface area contributed by atoms with E-state index in [-0.39, 0.29) is 11.7 Å². The average Bonchev–Trinajstić information content (AvgIpc) is 2.27. The molecule has 0 spiro atoms. The highest BCUT2D eigenvalue weighted by atomic mass is 79.9. The summed E-state index contributed by atoms with van der Waals surface area (Å²) in [6.07, 6.45) is 1.93. The zero-order chi connectivity index (χ0) is 12.1. The fourth-order valence-electron chi connectivity index (χ4n) is 1.36. The molecule has 4 heteroatoms. The zero-order valence-electron chi connectivity index (χ0n) is 9.37. The molecule has 0 saturated carbocycles. The average molecular weight is 287 g/mol. The number of carboxylic acids is 1. The molecular formula is C12H15BrO3. The maximum absolute atomic E-state index is 10.8. The number of ether oxygens (including phenoxy) is 1. The highest BCUT2D eigenvalue weighted by molar-refractivity contribution is 9.10. The molecule has 1 N–H and O–H groups in total. The van der Waals surface area contributed by atoms with E-state index in [2.05, 4.69) is 15.9 Å². The van der Waals surface area contributed by atoms with Crippen LogP contribution in [0.2, 0.25) is 0 Å². The Hall–Kier alpha value is -1.03. The first-order valence-corrected chi connectivity index (χ1v) is 6.07. The van der Waals surface area contributed by atoms with Crippen molar-refractivity contribution in [3.63, 3.8) is 0 Å². The van der Waals surface area contributed by atoms with Crippen LogP contribution in [-0.4, -0.2) is 17.2 Å². The SMILES string of the molecule is CCC(CC)Oc1cc(C(=O)O)ccc1Br. The molecule has 0 fully saturated rings. The van der Waals surface area contributed by atoms with E-state index in [1.807, 2.05) is 13.8 Å². The quantitative estimate of drug-likeness (QED) is 0.897. The molecule has 0 bridgehead atoms. The molecule has 3 nitrogen and oxygen atoms in total. The van der Waals surface area contributed by atoms with Crippen LogP contribution in [0, 0.1) is 0 Å². The first-order valence-electron chi connectivity index (χ1n) is 5.28. The third kappa shape index (κ3) is 3.23. The Balaban J connectivity index is 2.93. The minimum absolute atomic E-state index is 0.125. The van der Waals surface area contributed by atoms with Crippen molar-refractivity contribution in [1.29, 1.82) is 0 Å². The molecule has 16 heavy (non-hydrogen) atoms. The fourth-order valence-corrected chi connectivity index (χ4v) is 1.70. The van der Waals surface area contributed by atoms with Crippen molar-refractivity contribution in [3.05, 3.63) is 28.2 Å². The fraction of sp³-hybridized carbons (Fsp3) is 0.417. The predicted molar refractivity (Wildman–Crippen MR) is 66.1 cm³/mol. The summed E-state index contributed by atoms with van der Waals surface area (Å²) in [5.74, 6) is -0.351. The van der Waals surface area contributed by atoms with Crippen LogP contribution in [0.25, 0.3) is 0 Å². The van der Waals surface area contributed by atoms with Gasteiger partial charge in [-0.3, -0.25) is 0 Å². The van der Waals surface area contributed by atoms with Crippen LogP contribution in [0.4, 0.5) is 0 Å². The number of carbonyl (C=O) groups is 1. The second kappa shape index (κ2) is 5.89. The summed E-state index contributed by atoms with van der Waals surface area (Å²) in [6.45, 7) is 4.09. The minimum atomic E-state index is -0.943. The Morgan fingerprint density at radius 3 is 2.56 bits per heavy atom. The Labute approximate surface area is 104 Å². The van der Waals surface area contributed by atoms with E-state index in [4.69, 9.17) is 9.84 Å². The Kier molecular flexibility index (Phi) is 4.80. The van der Waals surface area contributed by atoms with Crippen molar-refractivity contribution >= 4 is 21.9 Å². The summed E-state index contributed by atoms with van der Waals surface area (Å²) in [5, 5.41) is 8.88. The molecule has 0 aliphatic heterocycles. The van der Waals surface area contributed by atoms with E-state index < -0.39 is 5.97 Å². The van der Waals surface area contributed by atoms with Crippen LogP contribution in [0.3, 0.4) is 0 Å². The lowest BCUT2D eigenvalue weighted by molar-refractivity contribution is 0.0696. The van der Waals surface area contributed by atoms with Crippen molar-refractivity contribution in [1.82, 2.24) is 0 Å². The first kappa shape index (κ1) is 13.0. The lowest BCUT2D eigenvalue weighted by Gasteiger charge is -2.17. The predicted octanol–water partition coefficient (Wildman–Crippen LogP) is 3.71. The molecule has 0 saturated heterocycles. The highest BCUT2D eigenvalue weighted by Crippen LogP contribution is 2.28. The standard InChI is InChI=1S/C12H15BrO3/c1-3-9(4-2)16-11-7-8(12(14)15)5-6-10(11)13/h5-7,9H,3-4H2,1-2H3,(H,14,15). The third-order valence-electron chi connectivity index (χ3n) is 2.38. The highest BCUT2D eigenvalue weighted by Gasteiger charge is 2.11. The normalized spacial score (nSPS) is 10.5. The van der Waals surface area contributed by atoms with Crippen LogP contribution in [-0.2, 0) is 0 Å². The maximum atomic E-state index is 10.8. The van der Waals surface area contributed by atoms with Gasteiger partial charge in [0.15, 0.2) is 0 Å². The molecule has 0 aliphatic rings. The topological polar surface area (TPSA) is 46.5 Å². The van der Waals surface area contributed by atoms with Gasteiger partial charge in [-0.2, -0.15) is 0 Å². The van der Waals surface area contributed by atoms with Crippen LogP contribution in [0.15, 0.2) is 22.7 Å². The molecule has 0 atom stereocenters. The number of hydrogen-bond acceptors (Lipinski definition) is 2. The number of halogens is 1. The Morgan fingerprint density at radius 2 is 2.06 bits per heavy atom. The summed E-state index contributed by atoms with van der Waals surface area (Å²) in [7, 11) is 0. The van der Waals surface area contributed by atoms with E-state index in [1.165, 1.54) is 0 Å². The van der Waals surface area contributed by atoms with Gasteiger partial charge in [-0.15, -0.1) is 0 Å². The molecule has 0 amide bonds. The maximum Gasteiger partial charge on any atom is 0.335 e. The summed E-state index contributed by atoms with van der Waals surface area (Å²) in [6, 6.07) is 4.79. The van der Waals surface area contributed by atoms with Gasteiger partial charge in [0.25, 0.3) is 0 Å². The number of hydrogen-bond donors (Lipinski definition) is 1. The van der Waals surface area contributed by atoms with Crippen molar-refractivity contribution in [2.24, 2.45) is 0 Å². The summed E-state index contributed by atoms with van der Waals surface area (Å²) >= 11 is 3.35. The van der Waals surface area contributed by atoms with E-state index >= 15 is 0 Å². The van der Waals surface area contributed by atoms with Gasteiger partial charge in [0.1, 0.15) is 5.75 Å². The number of carboxylic acid groups (broad SMARTS) is 1. The third-order valence-corrected chi connectivity index (χ3v) is 3.04. The molecule has 88 valence electrons. The molecule has 0 heterocycles. The number of rotatable bonds is 5. The van der Waals surface area contributed by atoms with Gasteiger partial charge in [0, 0.05) is 0 Å². The van der Waals surface area contributed by atoms with Gasteiger partial charge >= 0.3 is 5.97 Å². The van der Waals surface area contributed by atoms with Gasteiger partial charge < -0.3 is 9.84 Å². The van der Waals surface area contributed by atoms with Gasteiger partial charge in [0.2, 0.25) is 0 Å². The van der Waals surface area contributed by atoms with E-state index in [9.17, 15) is 4.79 Å². The van der Waals surface area contributed by atoms with E-state index in [1.54, 1.807) is 18.2 Å². The monoisotopic (exact) mass is 286 g/mol. The molecule has 1 rings (SSSR count). The smallest absolute Gasteiger partial charge is 0.335 e. The van der Waals surface area contributed by atoms with Gasteiger partial charge in [-0.05, 0) is 47.0 Å². The van der Waals surface area contributed by atoms with Gasteiger partial charge in [-0.1, -0.05) is 13.8 Å². The van der Waals surface area contributed by atoms with Crippen LogP contribution < -0.4 is 4.74 Å². The van der Waals surface area contributed by atoms with Crippen molar-refractivity contribution in [3.8, 4) is 5.75 Å². The largest absolute Gasteiger partial charge is 0.489 e. The van der Waals surface area contributed by atoms with Crippen molar-refractivity contribution in [2.45, 2.75) is 32.8 Å². The molecule has 0 aromatic heterocycles. The van der Waals surface area contributed by atoms with Crippen LogP contribution >= 0.6 is 15.9 Å². The van der Waals surface area contributed by atoms with Crippen LogP contribution in [0.1, 0.15) is 37.0 Å².